The van der Waals surface area contributed by atoms with Crippen LogP contribution in [0.3, 0.4) is 0 Å². The Bertz CT molecular complexity index is 1160. The number of fused-ring (bicyclic) bond motifs is 1. The van der Waals surface area contributed by atoms with E-state index in [2.05, 4.69) is 16.0 Å². The van der Waals surface area contributed by atoms with Crippen LogP contribution in [0.2, 0.25) is 0 Å². The third-order valence-electron chi connectivity index (χ3n) is 9.65. The number of amides is 5. The van der Waals surface area contributed by atoms with E-state index in [9.17, 15) is 28.8 Å². The molecule has 1 heterocycles. The first-order valence-electron chi connectivity index (χ1n) is 16.1. The molecule has 6 atom stereocenters. The van der Waals surface area contributed by atoms with Crippen LogP contribution in [0.1, 0.15) is 88.0 Å². The highest BCUT2D eigenvalue weighted by atomic mass is 16.7. The second-order valence-electron chi connectivity index (χ2n) is 15.2. The van der Waals surface area contributed by atoms with Crippen LogP contribution >= 0.6 is 0 Å². The third kappa shape index (κ3) is 8.66. The van der Waals surface area contributed by atoms with Gasteiger partial charge in [0.05, 0.1) is 18.2 Å². The second kappa shape index (κ2) is 13.9. The molecule has 1 aliphatic heterocycles. The molecule has 0 aromatic rings. The fourth-order valence-electron chi connectivity index (χ4n) is 6.48. The van der Waals surface area contributed by atoms with Crippen molar-refractivity contribution in [3.05, 3.63) is 0 Å². The molecule has 13 heteroatoms. The van der Waals surface area contributed by atoms with E-state index in [1.165, 1.54) is 4.90 Å². The maximum atomic E-state index is 14.2. The number of nitrogens with two attached hydrogens (primary N) is 1. The summed E-state index contributed by atoms with van der Waals surface area (Å²) in [7, 11) is 0. The zero-order valence-corrected chi connectivity index (χ0v) is 28.2. The number of rotatable bonds is 13. The van der Waals surface area contributed by atoms with Gasteiger partial charge in [-0.2, -0.15) is 0 Å². The van der Waals surface area contributed by atoms with Crippen LogP contribution in [0.5, 0.6) is 0 Å². The molecule has 2 aliphatic carbocycles. The number of urea groups is 1. The molecule has 13 nitrogen and oxygen atoms in total. The number of carbonyl (C=O) groups is 6. The number of ketones is 1. The van der Waals surface area contributed by atoms with Gasteiger partial charge in [-0.25, -0.2) is 9.59 Å². The molecule has 5 amide bonds. The monoisotopic (exact) mass is 635 g/mol. The first-order valence-corrected chi connectivity index (χ1v) is 16.1. The number of piperidine rings is 1. The summed E-state index contributed by atoms with van der Waals surface area (Å²) in [6.45, 7) is 16.9. The highest BCUT2D eigenvalue weighted by molar-refractivity contribution is 6.37. The molecule has 0 radical (unpaired) electrons. The largest absolute Gasteiger partial charge is 0.508 e. The average molecular weight is 636 g/mol. The molecule has 3 fully saturated rings. The van der Waals surface area contributed by atoms with Crippen LogP contribution in [-0.4, -0.2) is 84.0 Å². The predicted molar refractivity (Wildman–Crippen MR) is 165 cm³/mol. The fourth-order valence-corrected chi connectivity index (χ4v) is 6.48. The van der Waals surface area contributed by atoms with Gasteiger partial charge in [0, 0.05) is 6.54 Å². The molecule has 0 spiro atoms. The summed E-state index contributed by atoms with van der Waals surface area (Å²) in [4.78, 5) is 79.2. The first kappa shape index (κ1) is 36.1. The second-order valence-corrected chi connectivity index (χ2v) is 15.2. The van der Waals surface area contributed by atoms with Crippen LogP contribution < -0.4 is 21.7 Å². The Balaban J connectivity index is 1.76. The Hall–Kier alpha value is -3.38. The minimum absolute atomic E-state index is 0.0663. The molecule has 2 saturated carbocycles. The molecule has 0 bridgehead atoms. The van der Waals surface area contributed by atoms with Crippen molar-refractivity contribution in [1.29, 1.82) is 0 Å². The lowest BCUT2D eigenvalue weighted by Gasteiger charge is -2.38. The molecular formula is C32H53N5O8. The number of nitrogens with zero attached hydrogens (tertiary/aromatic N) is 1. The summed E-state index contributed by atoms with van der Waals surface area (Å²) < 4.78 is 10.2. The number of nitrogens with one attached hydrogen (secondary N) is 3. The van der Waals surface area contributed by atoms with Crippen molar-refractivity contribution in [2.24, 2.45) is 40.2 Å². The topological polar surface area (TPSA) is 186 Å². The van der Waals surface area contributed by atoms with Crippen molar-refractivity contribution in [3.8, 4) is 0 Å². The highest BCUT2D eigenvalue weighted by Gasteiger charge is 2.70. The minimum Gasteiger partial charge on any atom is -0.432 e. The molecule has 5 N–H and O–H groups in total. The SMILES string of the molecule is CC(C)OC(=O)OC[C@@H](NC(=O)N[C@H](C(=O)N1C[C@H]2[C@@H]([C@H]1C(=O)NC(CC1CCC1)C(=O)C(N)=O)C2(C)C)C(C)(C)C)C(C)C. The Morgan fingerprint density at radius 3 is 2.09 bits per heavy atom. The smallest absolute Gasteiger partial charge is 0.432 e. The molecule has 254 valence electrons. The van der Waals surface area contributed by atoms with Gasteiger partial charge in [0.2, 0.25) is 17.6 Å². The van der Waals surface area contributed by atoms with Gasteiger partial charge in [0.25, 0.3) is 5.91 Å². The molecule has 3 rings (SSSR count). The molecule has 1 saturated heterocycles. The van der Waals surface area contributed by atoms with E-state index in [4.69, 9.17) is 15.2 Å². The van der Waals surface area contributed by atoms with E-state index in [-0.39, 0.29) is 41.8 Å². The summed E-state index contributed by atoms with van der Waals surface area (Å²) >= 11 is 0. The molecular weight excluding hydrogens is 582 g/mol. The molecule has 45 heavy (non-hydrogen) atoms. The average Bonchev–Trinajstić information content (AvgIpc) is 3.20. The van der Waals surface area contributed by atoms with Crippen molar-refractivity contribution in [1.82, 2.24) is 20.9 Å². The number of hydrogen-bond donors (Lipinski definition) is 4. The van der Waals surface area contributed by atoms with E-state index in [0.717, 1.165) is 19.3 Å². The fraction of sp³-hybridized carbons (Fsp3) is 0.812. The van der Waals surface area contributed by atoms with Crippen molar-refractivity contribution < 1.29 is 38.2 Å². The number of Topliss-reactive ketones (excluding diaryl/α,β-unsaturated/α-hetero) is 1. The number of hydrogen-bond acceptors (Lipinski definition) is 8. The zero-order chi connectivity index (χ0) is 34.0. The quantitative estimate of drug-likeness (QED) is 0.176. The van der Waals surface area contributed by atoms with Gasteiger partial charge < -0.3 is 36.1 Å². The molecule has 0 aromatic heterocycles. The number of ether oxygens (including phenoxy) is 2. The predicted octanol–water partition coefficient (Wildman–Crippen LogP) is 2.50. The van der Waals surface area contributed by atoms with Gasteiger partial charge in [-0.1, -0.05) is 67.7 Å². The summed E-state index contributed by atoms with van der Waals surface area (Å²) in [6.07, 6.45) is 1.99. The minimum atomic E-state index is -1.10. The standard InChI is InChI=1S/C32H53N5O8/c1-16(2)21(15-44-30(43)45-17(3)4)35-29(42)36-25(31(5,6)7)28(41)37-14-19-22(32(19,8)9)23(37)27(40)34-20(24(38)26(33)39)13-18-11-10-12-18/h16-23,25H,10-15H2,1-9H3,(H2,33,39)(H,34,40)(H2,35,36,42)/t19-,20?,21+,22-,23-,25+/m0/s1. The lowest BCUT2D eigenvalue weighted by Crippen LogP contribution is -2.62. The normalized spacial score (nSPS) is 24.1. The van der Waals surface area contributed by atoms with Gasteiger partial charge in [-0.15, -0.1) is 0 Å². The zero-order valence-electron chi connectivity index (χ0n) is 28.2. The van der Waals surface area contributed by atoms with Crippen molar-refractivity contribution in [2.45, 2.75) is 118 Å². The van der Waals surface area contributed by atoms with E-state index in [1.54, 1.807) is 13.8 Å². The van der Waals surface area contributed by atoms with E-state index < -0.39 is 65.3 Å². The van der Waals surface area contributed by atoms with E-state index in [0.29, 0.717) is 13.0 Å². The summed E-state index contributed by atoms with van der Waals surface area (Å²) in [5.74, 6) is -2.83. The Labute approximate surface area is 266 Å². The van der Waals surface area contributed by atoms with E-state index in [1.807, 2.05) is 48.5 Å². The maximum absolute atomic E-state index is 14.2. The summed E-state index contributed by atoms with van der Waals surface area (Å²) in [5.41, 5.74) is 4.38. The Kier molecular flexibility index (Phi) is 11.2. The maximum Gasteiger partial charge on any atom is 0.508 e. The lowest BCUT2D eigenvalue weighted by molar-refractivity contribution is -0.145. The summed E-state index contributed by atoms with van der Waals surface area (Å²) in [6, 6.07) is -4.11. The number of likely N-dealkylation sites (tertiary alicyclic amines) is 1. The van der Waals surface area contributed by atoms with Gasteiger partial charge in [-0.3, -0.25) is 19.2 Å². The van der Waals surface area contributed by atoms with Crippen molar-refractivity contribution >= 4 is 35.7 Å². The van der Waals surface area contributed by atoms with Gasteiger partial charge in [0.1, 0.15) is 18.7 Å². The number of primary amides is 1. The van der Waals surface area contributed by atoms with Crippen LogP contribution in [0.25, 0.3) is 0 Å². The Morgan fingerprint density at radius 2 is 1.60 bits per heavy atom. The summed E-state index contributed by atoms with van der Waals surface area (Å²) in [5, 5.41) is 8.38. The van der Waals surface area contributed by atoms with Crippen LogP contribution in [-0.2, 0) is 28.7 Å². The van der Waals surface area contributed by atoms with Crippen molar-refractivity contribution in [2.75, 3.05) is 13.2 Å². The van der Waals surface area contributed by atoms with Crippen LogP contribution in [0.4, 0.5) is 9.59 Å². The molecule has 0 aromatic carbocycles. The molecule has 3 aliphatic rings. The van der Waals surface area contributed by atoms with Crippen molar-refractivity contribution in [3.63, 3.8) is 0 Å². The first-order chi connectivity index (χ1) is 20.7. The van der Waals surface area contributed by atoms with Gasteiger partial charge >= 0.3 is 12.2 Å². The van der Waals surface area contributed by atoms with Crippen LogP contribution in [0, 0.1) is 34.5 Å². The van der Waals surface area contributed by atoms with Gasteiger partial charge in [0.15, 0.2) is 0 Å². The third-order valence-corrected chi connectivity index (χ3v) is 9.65. The number of carbonyl (C=O) groups excluding carboxylic acids is 6. The highest BCUT2D eigenvalue weighted by Crippen LogP contribution is 2.65. The van der Waals surface area contributed by atoms with Crippen LogP contribution in [0.15, 0.2) is 0 Å². The van der Waals surface area contributed by atoms with E-state index >= 15 is 0 Å². The Morgan fingerprint density at radius 1 is 0.978 bits per heavy atom. The lowest BCUT2D eigenvalue weighted by atomic mass is 9.80. The van der Waals surface area contributed by atoms with Gasteiger partial charge in [-0.05, 0) is 54.8 Å². The molecule has 1 unspecified atom stereocenters.